The van der Waals surface area contributed by atoms with Gasteiger partial charge in [-0.25, -0.2) is 18.9 Å². The molecule has 0 N–H and O–H groups in total. The Morgan fingerprint density at radius 3 is 2.72 bits per heavy atom. The van der Waals surface area contributed by atoms with Crippen molar-refractivity contribution in [2.75, 3.05) is 6.61 Å². The largest absolute Gasteiger partial charge is 0.461 e. The van der Waals surface area contributed by atoms with Gasteiger partial charge < -0.3 is 4.74 Å². The van der Waals surface area contributed by atoms with E-state index in [0.29, 0.717) is 16.4 Å². The van der Waals surface area contributed by atoms with Crippen molar-refractivity contribution in [3.05, 3.63) is 58.2 Å². The molecule has 2 aromatic heterocycles. The van der Waals surface area contributed by atoms with Crippen LogP contribution in [0.2, 0.25) is 10.2 Å². The van der Waals surface area contributed by atoms with E-state index in [-0.39, 0.29) is 23.0 Å². The normalized spacial score (nSPS) is 10.7. The molecule has 0 amide bonds. The summed E-state index contributed by atoms with van der Waals surface area (Å²) >= 11 is 11.6. The minimum atomic E-state index is -0.627. The van der Waals surface area contributed by atoms with Gasteiger partial charge >= 0.3 is 5.97 Å². The highest BCUT2D eigenvalue weighted by atomic mass is 35.5. The number of halogens is 3. The van der Waals surface area contributed by atoms with Crippen molar-refractivity contribution >= 4 is 29.2 Å². The topological polar surface area (TPSA) is 69.9 Å². The fourth-order valence-electron chi connectivity index (χ4n) is 2.17. The molecule has 9 heteroatoms. The van der Waals surface area contributed by atoms with Crippen LogP contribution in [0.4, 0.5) is 4.39 Å². The molecule has 1 aromatic carbocycles. The first-order chi connectivity index (χ1) is 12.0. The fourth-order valence-corrected chi connectivity index (χ4v) is 2.46. The zero-order chi connectivity index (χ0) is 18.0. The Hall–Kier alpha value is -2.51. The highest BCUT2D eigenvalue weighted by Gasteiger charge is 2.24. The van der Waals surface area contributed by atoms with Crippen LogP contribution >= 0.6 is 23.2 Å². The van der Waals surface area contributed by atoms with Gasteiger partial charge in [0.2, 0.25) is 0 Å². The van der Waals surface area contributed by atoms with Crippen LogP contribution < -0.4 is 0 Å². The molecule has 0 aliphatic carbocycles. The monoisotopic (exact) mass is 380 g/mol. The molecular formula is C16H11Cl2FN4O2. The van der Waals surface area contributed by atoms with Gasteiger partial charge in [-0.15, -0.1) is 5.10 Å². The third-order valence-electron chi connectivity index (χ3n) is 3.29. The number of carbonyl (C=O) groups is 1. The Bertz CT molecular complexity index is 928. The lowest BCUT2D eigenvalue weighted by Crippen LogP contribution is -2.13. The van der Waals surface area contributed by atoms with E-state index in [1.54, 1.807) is 19.1 Å². The highest BCUT2D eigenvalue weighted by molar-refractivity contribution is 6.31. The predicted octanol–water partition coefficient (Wildman–Crippen LogP) is 3.95. The lowest BCUT2D eigenvalue weighted by molar-refractivity contribution is 0.0516. The Morgan fingerprint density at radius 2 is 2.08 bits per heavy atom. The molecule has 0 spiro atoms. The first kappa shape index (κ1) is 17.3. The first-order valence-electron chi connectivity index (χ1n) is 7.21. The zero-order valence-corrected chi connectivity index (χ0v) is 14.4. The quantitative estimate of drug-likeness (QED) is 0.506. The van der Waals surface area contributed by atoms with E-state index in [9.17, 15) is 9.18 Å². The second-order valence-electron chi connectivity index (χ2n) is 4.89. The Kier molecular flexibility index (Phi) is 4.96. The van der Waals surface area contributed by atoms with Crippen LogP contribution in [-0.2, 0) is 4.74 Å². The number of hydrogen-bond donors (Lipinski definition) is 0. The number of nitrogens with zero attached hydrogens (tertiary/aromatic N) is 4. The molecule has 0 unspecified atom stereocenters. The Balaban J connectivity index is 2.17. The maximum atomic E-state index is 13.4. The minimum absolute atomic E-state index is 0.0775. The standard InChI is InChI=1S/C16H11Cl2FN4O2/c1-2-25-16(24)15-14(9-3-6-13(18)20-8-9)21-22-23(15)10-4-5-12(19)11(17)7-10/h3-8H,2H2,1H3. The predicted molar refractivity (Wildman–Crippen MR) is 90.5 cm³/mol. The van der Waals surface area contributed by atoms with Gasteiger partial charge in [-0.05, 0) is 37.3 Å². The number of hydrogen-bond acceptors (Lipinski definition) is 5. The molecule has 3 aromatic rings. The molecular weight excluding hydrogens is 370 g/mol. The number of pyridine rings is 1. The molecule has 0 aliphatic rings. The van der Waals surface area contributed by atoms with Gasteiger partial charge in [0, 0.05) is 11.8 Å². The molecule has 2 heterocycles. The lowest BCUT2D eigenvalue weighted by atomic mass is 10.1. The average Bonchev–Trinajstić information content (AvgIpc) is 3.03. The van der Waals surface area contributed by atoms with Crippen molar-refractivity contribution in [2.24, 2.45) is 0 Å². The van der Waals surface area contributed by atoms with Crippen LogP contribution in [0, 0.1) is 5.82 Å². The molecule has 0 radical (unpaired) electrons. The van der Waals surface area contributed by atoms with Gasteiger partial charge in [0.25, 0.3) is 0 Å². The second-order valence-corrected chi connectivity index (χ2v) is 5.68. The molecule has 3 rings (SSSR count). The summed E-state index contributed by atoms with van der Waals surface area (Å²) in [5, 5.41) is 8.23. The number of ether oxygens (including phenoxy) is 1. The van der Waals surface area contributed by atoms with Crippen LogP contribution in [0.1, 0.15) is 17.4 Å². The van der Waals surface area contributed by atoms with E-state index < -0.39 is 11.8 Å². The Labute approximate surface area is 152 Å². The van der Waals surface area contributed by atoms with Gasteiger partial charge in [0.05, 0.1) is 17.3 Å². The Morgan fingerprint density at radius 1 is 1.28 bits per heavy atom. The molecule has 0 aliphatic heterocycles. The van der Waals surface area contributed by atoms with Crippen LogP contribution in [0.25, 0.3) is 16.9 Å². The van der Waals surface area contributed by atoms with Crippen molar-refractivity contribution in [2.45, 2.75) is 6.92 Å². The molecule has 6 nitrogen and oxygen atoms in total. The second kappa shape index (κ2) is 7.16. The van der Waals surface area contributed by atoms with E-state index in [4.69, 9.17) is 27.9 Å². The van der Waals surface area contributed by atoms with Gasteiger partial charge in [0.15, 0.2) is 5.69 Å². The van der Waals surface area contributed by atoms with E-state index in [1.165, 1.54) is 29.1 Å². The summed E-state index contributed by atoms with van der Waals surface area (Å²) in [5.74, 6) is -1.21. The first-order valence-corrected chi connectivity index (χ1v) is 7.97. The molecule has 0 bridgehead atoms. The summed E-state index contributed by atoms with van der Waals surface area (Å²) < 4.78 is 19.8. The summed E-state index contributed by atoms with van der Waals surface area (Å²) in [5.41, 5.74) is 1.25. The number of esters is 1. The van der Waals surface area contributed by atoms with E-state index in [2.05, 4.69) is 15.3 Å². The van der Waals surface area contributed by atoms with Gasteiger partial charge in [-0.3, -0.25) is 0 Å². The van der Waals surface area contributed by atoms with Crippen molar-refractivity contribution in [1.82, 2.24) is 20.0 Å². The smallest absolute Gasteiger partial charge is 0.359 e. The SMILES string of the molecule is CCOC(=O)c1c(-c2ccc(Cl)nc2)nnn1-c1ccc(F)c(Cl)c1. The summed E-state index contributed by atoms with van der Waals surface area (Å²) in [6.45, 7) is 1.86. The minimum Gasteiger partial charge on any atom is -0.461 e. The molecule has 128 valence electrons. The van der Waals surface area contributed by atoms with Gasteiger partial charge in [-0.1, -0.05) is 28.4 Å². The molecule has 0 fully saturated rings. The molecule has 0 saturated heterocycles. The lowest BCUT2D eigenvalue weighted by Gasteiger charge is -2.08. The van der Waals surface area contributed by atoms with Crippen LogP contribution in [0.5, 0.6) is 0 Å². The van der Waals surface area contributed by atoms with Crippen LogP contribution in [-0.4, -0.2) is 32.6 Å². The number of aromatic nitrogens is 4. The van der Waals surface area contributed by atoms with Crippen molar-refractivity contribution < 1.29 is 13.9 Å². The third-order valence-corrected chi connectivity index (χ3v) is 3.80. The molecule has 25 heavy (non-hydrogen) atoms. The number of rotatable bonds is 4. The zero-order valence-electron chi connectivity index (χ0n) is 12.9. The van der Waals surface area contributed by atoms with Gasteiger partial charge in [-0.2, -0.15) is 0 Å². The molecule has 0 atom stereocenters. The fraction of sp³-hybridized carbons (Fsp3) is 0.125. The van der Waals surface area contributed by atoms with E-state index in [1.807, 2.05) is 0 Å². The summed E-state index contributed by atoms with van der Waals surface area (Å²) in [6.07, 6.45) is 1.47. The summed E-state index contributed by atoms with van der Waals surface area (Å²) in [7, 11) is 0. The average molecular weight is 381 g/mol. The third kappa shape index (κ3) is 3.47. The highest BCUT2D eigenvalue weighted by Crippen LogP contribution is 2.26. The van der Waals surface area contributed by atoms with Crippen molar-refractivity contribution in [1.29, 1.82) is 0 Å². The van der Waals surface area contributed by atoms with Crippen molar-refractivity contribution in [3.8, 4) is 16.9 Å². The van der Waals surface area contributed by atoms with E-state index >= 15 is 0 Å². The maximum absolute atomic E-state index is 13.4. The number of carbonyl (C=O) groups excluding carboxylic acids is 1. The summed E-state index contributed by atoms with van der Waals surface area (Å²) in [4.78, 5) is 16.4. The van der Waals surface area contributed by atoms with E-state index in [0.717, 1.165) is 0 Å². The summed E-state index contributed by atoms with van der Waals surface area (Å²) in [6, 6.07) is 7.18. The maximum Gasteiger partial charge on any atom is 0.359 e. The van der Waals surface area contributed by atoms with Crippen molar-refractivity contribution in [3.63, 3.8) is 0 Å². The van der Waals surface area contributed by atoms with Crippen LogP contribution in [0.3, 0.4) is 0 Å². The number of benzene rings is 1. The molecule has 0 saturated carbocycles. The van der Waals surface area contributed by atoms with Crippen LogP contribution in [0.15, 0.2) is 36.5 Å². The van der Waals surface area contributed by atoms with Gasteiger partial charge in [0.1, 0.15) is 16.7 Å².